The van der Waals surface area contributed by atoms with Crippen LogP contribution in [0.4, 0.5) is 0 Å². The van der Waals surface area contributed by atoms with Crippen LogP contribution in [0.3, 0.4) is 0 Å². The second kappa shape index (κ2) is 8.63. The van der Waals surface area contributed by atoms with Crippen molar-refractivity contribution in [3.05, 3.63) is 41.6 Å². The Morgan fingerprint density at radius 2 is 1.90 bits per heavy atom. The number of ether oxygens (including phenoxy) is 1. The lowest BCUT2D eigenvalue weighted by Crippen LogP contribution is -2.24. The van der Waals surface area contributed by atoms with Gasteiger partial charge in [0.05, 0.1) is 18.7 Å². The van der Waals surface area contributed by atoms with Crippen LogP contribution in [0.15, 0.2) is 36.0 Å². The van der Waals surface area contributed by atoms with Crippen LogP contribution in [0.25, 0.3) is 6.08 Å². The summed E-state index contributed by atoms with van der Waals surface area (Å²) in [5.41, 5.74) is 0.963. The van der Waals surface area contributed by atoms with Crippen LogP contribution in [-0.2, 0) is 19.1 Å². The molecule has 0 aliphatic carbocycles. The summed E-state index contributed by atoms with van der Waals surface area (Å²) in [6.45, 7) is 1.99. The number of rotatable bonds is 7. The highest BCUT2D eigenvalue weighted by Crippen LogP contribution is 2.04. The predicted octanol–water partition coefficient (Wildman–Crippen LogP) is 1.69. The molecule has 1 N–H and O–H groups in total. The van der Waals surface area contributed by atoms with Crippen LogP contribution in [0, 0.1) is 0 Å². The first-order valence-electron chi connectivity index (χ1n) is 6.33. The molecular weight excluding hydrogens is 258 g/mol. The molecular formula is C15H17NO4. The van der Waals surface area contributed by atoms with Gasteiger partial charge >= 0.3 is 5.97 Å². The average Bonchev–Trinajstić information content (AvgIpc) is 2.46. The number of nitrogens with one attached hydrogen (secondary N) is 1. The maximum Gasteiger partial charge on any atom is 0.306 e. The second-order valence-electron chi connectivity index (χ2n) is 3.98. The third kappa shape index (κ3) is 5.95. The van der Waals surface area contributed by atoms with Gasteiger partial charge in [0, 0.05) is 6.42 Å². The SMILES string of the molecule is CCOC(=O)CCC(=O)NC(C=O)=Cc1ccccc1. The summed E-state index contributed by atoms with van der Waals surface area (Å²) in [5.74, 6) is -0.824. The molecule has 0 heterocycles. The molecule has 0 spiro atoms. The standard InChI is InChI=1S/C15H17NO4/c1-2-20-15(19)9-8-14(18)16-13(11-17)10-12-6-4-3-5-7-12/h3-7,10-11H,2,8-9H2,1H3,(H,16,18). The molecule has 0 saturated heterocycles. The number of aldehydes is 1. The van der Waals surface area contributed by atoms with Gasteiger partial charge in [0.15, 0.2) is 6.29 Å². The minimum Gasteiger partial charge on any atom is -0.466 e. The van der Waals surface area contributed by atoms with Crippen LogP contribution in [0.2, 0.25) is 0 Å². The third-order valence-corrected chi connectivity index (χ3v) is 2.39. The highest BCUT2D eigenvalue weighted by atomic mass is 16.5. The van der Waals surface area contributed by atoms with Gasteiger partial charge in [-0.15, -0.1) is 0 Å². The zero-order chi connectivity index (χ0) is 14.8. The lowest BCUT2D eigenvalue weighted by Gasteiger charge is -2.04. The van der Waals surface area contributed by atoms with E-state index >= 15 is 0 Å². The summed E-state index contributed by atoms with van der Waals surface area (Å²) in [7, 11) is 0. The van der Waals surface area contributed by atoms with Crippen molar-refractivity contribution in [2.24, 2.45) is 0 Å². The molecule has 0 fully saturated rings. The number of allylic oxidation sites excluding steroid dienone is 1. The first kappa shape index (κ1) is 15.6. The number of hydrogen-bond donors (Lipinski definition) is 1. The van der Waals surface area contributed by atoms with E-state index in [4.69, 9.17) is 4.74 Å². The van der Waals surface area contributed by atoms with Gasteiger partial charge in [-0.2, -0.15) is 0 Å². The first-order chi connectivity index (χ1) is 9.65. The summed E-state index contributed by atoms with van der Waals surface area (Å²) in [5, 5.41) is 2.46. The van der Waals surface area contributed by atoms with Gasteiger partial charge in [0.1, 0.15) is 0 Å². The summed E-state index contributed by atoms with van der Waals surface area (Å²) in [6, 6.07) is 9.14. The Kier molecular flexibility index (Phi) is 6.75. The van der Waals surface area contributed by atoms with Crippen LogP contribution in [0.1, 0.15) is 25.3 Å². The Labute approximate surface area is 117 Å². The second-order valence-corrected chi connectivity index (χ2v) is 3.98. The van der Waals surface area contributed by atoms with Gasteiger partial charge in [-0.3, -0.25) is 14.4 Å². The van der Waals surface area contributed by atoms with Crippen molar-refractivity contribution in [2.75, 3.05) is 6.61 Å². The Balaban J connectivity index is 2.52. The molecule has 1 amide bonds. The molecule has 0 aliphatic rings. The molecule has 1 rings (SSSR count). The molecule has 0 aromatic heterocycles. The first-order valence-corrected chi connectivity index (χ1v) is 6.33. The van der Waals surface area contributed by atoms with Gasteiger partial charge in [0.2, 0.25) is 5.91 Å². The Bertz CT molecular complexity index is 494. The lowest BCUT2D eigenvalue weighted by atomic mass is 10.2. The summed E-state index contributed by atoms with van der Waals surface area (Å²) >= 11 is 0. The molecule has 0 atom stereocenters. The van der Waals surface area contributed by atoms with Crippen molar-refractivity contribution in [3.63, 3.8) is 0 Å². The van der Waals surface area contributed by atoms with Crippen LogP contribution in [-0.4, -0.2) is 24.8 Å². The van der Waals surface area contributed by atoms with E-state index in [-0.39, 0.29) is 25.1 Å². The Morgan fingerprint density at radius 3 is 2.50 bits per heavy atom. The monoisotopic (exact) mass is 275 g/mol. The minimum atomic E-state index is -0.428. The highest BCUT2D eigenvalue weighted by molar-refractivity contribution is 5.91. The highest BCUT2D eigenvalue weighted by Gasteiger charge is 2.08. The van der Waals surface area contributed by atoms with Gasteiger partial charge in [0.25, 0.3) is 0 Å². The van der Waals surface area contributed by atoms with Gasteiger partial charge in [-0.25, -0.2) is 0 Å². The van der Waals surface area contributed by atoms with E-state index in [1.54, 1.807) is 13.0 Å². The smallest absolute Gasteiger partial charge is 0.306 e. The van der Waals surface area contributed by atoms with E-state index < -0.39 is 11.9 Å². The van der Waals surface area contributed by atoms with Crippen molar-refractivity contribution >= 4 is 24.2 Å². The van der Waals surface area contributed by atoms with E-state index in [1.807, 2.05) is 30.3 Å². The fourth-order valence-corrected chi connectivity index (χ4v) is 1.50. The Morgan fingerprint density at radius 1 is 1.20 bits per heavy atom. The van der Waals surface area contributed by atoms with E-state index in [0.717, 1.165) is 5.56 Å². The largest absolute Gasteiger partial charge is 0.466 e. The normalized spacial score (nSPS) is 10.8. The number of amides is 1. The Hall–Kier alpha value is -2.43. The summed E-state index contributed by atoms with van der Waals surface area (Å²) in [4.78, 5) is 33.6. The molecule has 1 aromatic rings. The van der Waals surface area contributed by atoms with Crippen LogP contribution in [0.5, 0.6) is 0 Å². The van der Waals surface area contributed by atoms with Crippen LogP contribution < -0.4 is 5.32 Å². The fourth-order valence-electron chi connectivity index (χ4n) is 1.50. The zero-order valence-electron chi connectivity index (χ0n) is 11.3. The van der Waals surface area contributed by atoms with Crippen molar-refractivity contribution in [2.45, 2.75) is 19.8 Å². The van der Waals surface area contributed by atoms with Crippen molar-refractivity contribution in [1.82, 2.24) is 5.32 Å². The molecule has 0 radical (unpaired) electrons. The van der Waals surface area contributed by atoms with Crippen molar-refractivity contribution in [1.29, 1.82) is 0 Å². The van der Waals surface area contributed by atoms with Crippen LogP contribution >= 0.6 is 0 Å². The molecule has 0 aliphatic heterocycles. The van der Waals surface area contributed by atoms with E-state index in [0.29, 0.717) is 6.29 Å². The van der Waals surface area contributed by atoms with Crippen molar-refractivity contribution in [3.8, 4) is 0 Å². The fraction of sp³-hybridized carbons (Fsp3) is 0.267. The van der Waals surface area contributed by atoms with E-state index in [2.05, 4.69) is 5.32 Å². The lowest BCUT2D eigenvalue weighted by molar-refractivity contribution is -0.144. The quantitative estimate of drug-likeness (QED) is 0.467. The molecule has 106 valence electrons. The molecule has 20 heavy (non-hydrogen) atoms. The third-order valence-electron chi connectivity index (χ3n) is 2.39. The topological polar surface area (TPSA) is 72.5 Å². The van der Waals surface area contributed by atoms with E-state index in [1.165, 1.54) is 0 Å². The number of hydrogen-bond acceptors (Lipinski definition) is 4. The molecule has 0 saturated carbocycles. The maximum absolute atomic E-state index is 11.6. The molecule has 5 heteroatoms. The summed E-state index contributed by atoms with van der Waals surface area (Å²) < 4.78 is 4.72. The predicted molar refractivity (Wildman–Crippen MR) is 74.5 cm³/mol. The number of esters is 1. The molecule has 1 aromatic carbocycles. The van der Waals surface area contributed by atoms with Gasteiger partial charge in [-0.1, -0.05) is 30.3 Å². The van der Waals surface area contributed by atoms with Gasteiger partial charge in [-0.05, 0) is 18.6 Å². The van der Waals surface area contributed by atoms with Gasteiger partial charge < -0.3 is 10.1 Å². The summed E-state index contributed by atoms with van der Waals surface area (Å²) in [6.07, 6.45) is 2.11. The zero-order valence-corrected chi connectivity index (χ0v) is 11.3. The van der Waals surface area contributed by atoms with Crippen molar-refractivity contribution < 1.29 is 19.1 Å². The number of carbonyl (C=O) groups is 3. The minimum absolute atomic E-state index is 0.00283. The molecule has 0 unspecified atom stereocenters. The number of benzene rings is 1. The van der Waals surface area contributed by atoms with E-state index in [9.17, 15) is 14.4 Å². The molecule has 5 nitrogen and oxygen atoms in total. The maximum atomic E-state index is 11.6. The average molecular weight is 275 g/mol. The number of carbonyl (C=O) groups excluding carboxylic acids is 3. The molecule has 0 bridgehead atoms.